The molecule has 0 atom stereocenters. The zero-order valence-corrected chi connectivity index (χ0v) is 19.6. The minimum atomic E-state index is -0.446. The molecule has 3 N–H and O–H groups in total. The Hall–Kier alpha value is -3.39. The molecule has 170 valence electrons. The average Bonchev–Trinajstić information content (AvgIpc) is 2.72. The summed E-state index contributed by atoms with van der Waals surface area (Å²) < 4.78 is 11.1. The van der Waals surface area contributed by atoms with Gasteiger partial charge >= 0.3 is 0 Å². The zero-order valence-electron chi connectivity index (χ0n) is 19.6. The van der Waals surface area contributed by atoms with Crippen molar-refractivity contribution in [1.82, 2.24) is 14.9 Å². The van der Waals surface area contributed by atoms with Crippen LogP contribution < -0.4 is 15.8 Å². The lowest BCUT2D eigenvalue weighted by Crippen LogP contribution is -2.28. The summed E-state index contributed by atoms with van der Waals surface area (Å²) in [5, 5.41) is 5.16. The quantitative estimate of drug-likeness (QED) is 0.426. The van der Waals surface area contributed by atoms with Gasteiger partial charge in [0.2, 0.25) is 5.95 Å². The standard InChI is InChI=1S/C24H32N6O2/c1-24(2,3)32-22(25)28-21-14-17(13-16-7-8-18(31-6)15-19(16)21)20-9-10-26-23(29-20)27-11-12-30(4)5/h7-10,13-15H,11-12H2,1-6H3,(H2,25,28)(H,26,27,29). The number of likely N-dealkylation sites (N-methyl/N-ethyl adjacent to an activating group) is 1. The second-order valence-electron chi connectivity index (χ2n) is 8.74. The minimum Gasteiger partial charge on any atom is -0.497 e. The number of nitrogens with two attached hydrogens (primary N) is 1. The van der Waals surface area contributed by atoms with Gasteiger partial charge in [-0.3, -0.25) is 0 Å². The highest BCUT2D eigenvalue weighted by atomic mass is 16.5. The van der Waals surface area contributed by atoms with Gasteiger partial charge in [0.25, 0.3) is 6.02 Å². The van der Waals surface area contributed by atoms with Crippen LogP contribution in [0.25, 0.3) is 22.0 Å². The molecule has 0 saturated carbocycles. The topological polar surface area (TPSA) is 97.9 Å². The number of amidine groups is 1. The maximum atomic E-state index is 6.10. The van der Waals surface area contributed by atoms with Crippen LogP contribution in [0.1, 0.15) is 20.8 Å². The van der Waals surface area contributed by atoms with E-state index in [0.29, 0.717) is 11.6 Å². The van der Waals surface area contributed by atoms with Crippen LogP contribution in [0.2, 0.25) is 0 Å². The van der Waals surface area contributed by atoms with E-state index in [1.807, 2.05) is 65.2 Å². The maximum absolute atomic E-state index is 6.10. The Labute approximate surface area is 189 Å². The molecule has 8 nitrogen and oxygen atoms in total. The Morgan fingerprint density at radius 1 is 1.16 bits per heavy atom. The second-order valence-corrected chi connectivity index (χ2v) is 8.74. The molecule has 0 aliphatic heterocycles. The Kier molecular flexibility index (Phi) is 7.15. The van der Waals surface area contributed by atoms with E-state index in [1.54, 1.807) is 13.3 Å². The normalized spacial score (nSPS) is 12.3. The average molecular weight is 437 g/mol. The number of methoxy groups -OCH3 is 1. The van der Waals surface area contributed by atoms with E-state index < -0.39 is 5.60 Å². The summed E-state index contributed by atoms with van der Waals surface area (Å²) in [5.74, 6) is 1.33. The van der Waals surface area contributed by atoms with Gasteiger partial charge in [0.05, 0.1) is 18.5 Å². The van der Waals surface area contributed by atoms with Gasteiger partial charge in [-0.1, -0.05) is 6.07 Å². The van der Waals surface area contributed by atoms with E-state index in [0.717, 1.165) is 40.9 Å². The van der Waals surface area contributed by atoms with Crippen molar-refractivity contribution >= 4 is 28.4 Å². The third-order valence-corrected chi connectivity index (χ3v) is 4.57. The summed E-state index contributed by atoms with van der Waals surface area (Å²) in [5.41, 5.74) is 8.03. The molecule has 3 aromatic rings. The van der Waals surface area contributed by atoms with Crippen LogP contribution in [0, 0.1) is 0 Å². The lowest BCUT2D eigenvalue weighted by Gasteiger charge is -2.20. The smallest absolute Gasteiger partial charge is 0.287 e. The number of aliphatic imine (C=N–C) groups is 1. The van der Waals surface area contributed by atoms with Gasteiger partial charge in [0, 0.05) is 30.2 Å². The molecular formula is C24H32N6O2. The molecule has 2 aromatic carbocycles. The fourth-order valence-electron chi connectivity index (χ4n) is 3.14. The van der Waals surface area contributed by atoms with Gasteiger partial charge < -0.3 is 25.4 Å². The second kappa shape index (κ2) is 9.82. The molecule has 0 fully saturated rings. The highest BCUT2D eigenvalue weighted by molar-refractivity contribution is 5.98. The van der Waals surface area contributed by atoms with Crippen molar-refractivity contribution in [3.05, 3.63) is 42.6 Å². The third kappa shape index (κ3) is 6.31. The monoisotopic (exact) mass is 436 g/mol. The van der Waals surface area contributed by atoms with Crippen molar-refractivity contribution < 1.29 is 9.47 Å². The van der Waals surface area contributed by atoms with E-state index in [-0.39, 0.29) is 6.02 Å². The first-order chi connectivity index (χ1) is 15.1. The molecule has 0 aliphatic rings. The third-order valence-electron chi connectivity index (χ3n) is 4.57. The van der Waals surface area contributed by atoms with Crippen molar-refractivity contribution in [3.63, 3.8) is 0 Å². The number of rotatable bonds is 7. The molecule has 1 aromatic heterocycles. The molecule has 32 heavy (non-hydrogen) atoms. The van der Waals surface area contributed by atoms with E-state index in [9.17, 15) is 0 Å². The van der Waals surface area contributed by atoms with Crippen molar-refractivity contribution in [2.75, 3.05) is 39.6 Å². The van der Waals surface area contributed by atoms with Crippen LogP contribution in [0.5, 0.6) is 5.75 Å². The number of fused-ring (bicyclic) bond motifs is 1. The predicted molar refractivity (Wildman–Crippen MR) is 131 cm³/mol. The summed E-state index contributed by atoms with van der Waals surface area (Å²) in [4.78, 5) is 15.7. The molecular weight excluding hydrogens is 404 g/mol. The van der Waals surface area contributed by atoms with Crippen LogP contribution in [-0.4, -0.2) is 60.8 Å². The molecule has 0 bridgehead atoms. The van der Waals surface area contributed by atoms with Gasteiger partial charge in [-0.05, 0) is 70.6 Å². The van der Waals surface area contributed by atoms with Gasteiger partial charge in [-0.25, -0.2) is 9.97 Å². The fourth-order valence-corrected chi connectivity index (χ4v) is 3.14. The first kappa shape index (κ1) is 23.3. The fraction of sp³-hybridized carbons (Fsp3) is 0.375. The summed E-state index contributed by atoms with van der Waals surface area (Å²) in [7, 11) is 5.70. The van der Waals surface area contributed by atoms with Gasteiger partial charge in [-0.15, -0.1) is 0 Å². The highest BCUT2D eigenvalue weighted by Gasteiger charge is 2.14. The lowest BCUT2D eigenvalue weighted by molar-refractivity contribution is 0.114. The van der Waals surface area contributed by atoms with Gasteiger partial charge in [0.15, 0.2) is 0 Å². The Balaban J connectivity index is 2.04. The first-order valence-corrected chi connectivity index (χ1v) is 10.5. The first-order valence-electron chi connectivity index (χ1n) is 10.5. The molecule has 0 radical (unpaired) electrons. The molecule has 1 heterocycles. The van der Waals surface area contributed by atoms with Crippen LogP contribution in [0.4, 0.5) is 11.6 Å². The Morgan fingerprint density at radius 3 is 2.62 bits per heavy atom. The van der Waals surface area contributed by atoms with Crippen LogP contribution >= 0.6 is 0 Å². The van der Waals surface area contributed by atoms with Gasteiger partial charge in [-0.2, -0.15) is 4.99 Å². The maximum Gasteiger partial charge on any atom is 0.287 e. The van der Waals surface area contributed by atoms with E-state index >= 15 is 0 Å². The highest BCUT2D eigenvalue weighted by Crippen LogP contribution is 2.34. The summed E-state index contributed by atoms with van der Waals surface area (Å²) in [6, 6.07) is 11.9. The summed E-state index contributed by atoms with van der Waals surface area (Å²) in [6.07, 6.45) is 1.75. The Morgan fingerprint density at radius 2 is 1.94 bits per heavy atom. The number of aromatic nitrogens is 2. The number of hydrogen-bond donors (Lipinski definition) is 2. The van der Waals surface area contributed by atoms with Crippen LogP contribution in [0.15, 0.2) is 47.6 Å². The minimum absolute atomic E-state index is 0.104. The number of benzene rings is 2. The van der Waals surface area contributed by atoms with Crippen molar-refractivity contribution in [3.8, 4) is 17.0 Å². The predicted octanol–water partition coefficient (Wildman–Crippen LogP) is 4.04. The number of anilines is 1. The molecule has 0 amide bonds. The lowest BCUT2D eigenvalue weighted by atomic mass is 10.0. The van der Waals surface area contributed by atoms with Crippen molar-refractivity contribution in [1.29, 1.82) is 0 Å². The largest absolute Gasteiger partial charge is 0.497 e. The number of ether oxygens (including phenoxy) is 2. The molecule has 0 saturated heterocycles. The Bertz CT molecular complexity index is 1110. The van der Waals surface area contributed by atoms with Crippen molar-refractivity contribution in [2.45, 2.75) is 26.4 Å². The van der Waals surface area contributed by atoms with Gasteiger partial charge in [0.1, 0.15) is 11.4 Å². The molecule has 0 unspecified atom stereocenters. The molecule has 0 aliphatic carbocycles. The summed E-state index contributed by atoms with van der Waals surface area (Å²) in [6.45, 7) is 7.43. The number of hydrogen-bond acceptors (Lipinski definition) is 7. The van der Waals surface area contributed by atoms with E-state index in [2.05, 4.69) is 31.2 Å². The van der Waals surface area contributed by atoms with E-state index in [4.69, 9.17) is 15.2 Å². The van der Waals surface area contributed by atoms with Crippen LogP contribution in [0.3, 0.4) is 0 Å². The zero-order chi connectivity index (χ0) is 23.3. The molecule has 8 heteroatoms. The van der Waals surface area contributed by atoms with Crippen LogP contribution in [-0.2, 0) is 4.74 Å². The van der Waals surface area contributed by atoms with Crippen molar-refractivity contribution in [2.24, 2.45) is 10.7 Å². The van der Waals surface area contributed by atoms with E-state index in [1.165, 1.54) is 0 Å². The number of nitrogens with zero attached hydrogens (tertiary/aromatic N) is 4. The molecule has 0 spiro atoms. The summed E-state index contributed by atoms with van der Waals surface area (Å²) >= 11 is 0. The molecule has 3 rings (SSSR count). The SMILES string of the molecule is COc1ccc2cc(-c3ccnc(NCCN(C)C)n3)cc(N=C(N)OC(C)(C)C)c2c1. The number of nitrogens with one attached hydrogen (secondary N) is 1.